The lowest BCUT2D eigenvalue weighted by Gasteiger charge is -2.12. The molecule has 2 N–H and O–H groups in total. The molecule has 4 rings (SSSR count). The molecule has 0 spiro atoms. The molecular weight excluding hydrogens is 442 g/mol. The van der Waals surface area contributed by atoms with Gasteiger partial charge in [-0.05, 0) is 24.3 Å². The number of hydrogen-bond donors (Lipinski definition) is 2. The van der Waals surface area contributed by atoms with E-state index in [9.17, 15) is 31.1 Å². The molecule has 0 fully saturated rings. The third-order valence-electron chi connectivity index (χ3n) is 4.58. The number of aromatic amines is 1. The summed E-state index contributed by atoms with van der Waals surface area (Å²) in [6, 6.07) is 4.50. The van der Waals surface area contributed by atoms with Crippen LogP contribution in [0.2, 0.25) is 0 Å². The molecule has 0 radical (unpaired) electrons. The molecule has 0 saturated heterocycles. The summed E-state index contributed by atoms with van der Waals surface area (Å²) in [5, 5.41) is 6.32. The molecule has 0 aliphatic carbocycles. The van der Waals surface area contributed by atoms with Crippen molar-refractivity contribution in [1.29, 1.82) is 0 Å². The second-order valence-electron chi connectivity index (χ2n) is 6.68. The molecule has 13 heteroatoms. The van der Waals surface area contributed by atoms with Crippen molar-refractivity contribution < 1.29 is 31.1 Å². The zero-order valence-corrected chi connectivity index (χ0v) is 16.0. The van der Waals surface area contributed by atoms with Crippen molar-refractivity contribution in [3.8, 4) is 11.3 Å². The lowest BCUT2D eigenvalue weighted by atomic mass is 10.1. The molecule has 166 valence electrons. The van der Waals surface area contributed by atoms with Gasteiger partial charge in [-0.3, -0.25) is 14.5 Å². The summed E-state index contributed by atoms with van der Waals surface area (Å²) in [6.07, 6.45) is -6.25. The maximum absolute atomic E-state index is 14.0. The Hall–Kier alpha value is -3.90. The van der Waals surface area contributed by atoms with E-state index >= 15 is 0 Å². The highest BCUT2D eigenvalue weighted by molar-refractivity contribution is 6.05. The predicted molar refractivity (Wildman–Crippen MR) is 100 cm³/mol. The fourth-order valence-corrected chi connectivity index (χ4v) is 3.18. The number of rotatable bonds is 3. The van der Waals surface area contributed by atoms with Crippen LogP contribution < -0.4 is 5.32 Å². The van der Waals surface area contributed by atoms with Crippen molar-refractivity contribution in [3.05, 3.63) is 59.7 Å². The molecule has 0 atom stereocenters. The second-order valence-corrected chi connectivity index (χ2v) is 6.68. The number of alkyl halides is 6. The van der Waals surface area contributed by atoms with Crippen molar-refractivity contribution in [3.63, 3.8) is 0 Å². The molecule has 0 aliphatic heterocycles. The maximum atomic E-state index is 14.0. The minimum absolute atomic E-state index is 0.0970. The average molecular weight is 454 g/mol. The number of carbonyl (C=O) groups is 1. The van der Waals surface area contributed by atoms with Crippen LogP contribution in [0.3, 0.4) is 0 Å². The topological polar surface area (TPSA) is 88.5 Å². The van der Waals surface area contributed by atoms with Gasteiger partial charge in [0.05, 0.1) is 0 Å². The van der Waals surface area contributed by atoms with Crippen LogP contribution in [0, 0.1) is 0 Å². The minimum atomic E-state index is -4.94. The Bertz CT molecular complexity index is 1320. The Labute approximate surface area is 175 Å². The van der Waals surface area contributed by atoms with Crippen LogP contribution in [0.25, 0.3) is 22.3 Å². The number of aryl methyl sites for hydroxylation is 1. The van der Waals surface area contributed by atoms with Gasteiger partial charge in [0, 0.05) is 42.2 Å². The maximum Gasteiger partial charge on any atom is 0.433 e. The normalized spacial score (nSPS) is 12.3. The first-order chi connectivity index (χ1) is 15.0. The average Bonchev–Trinajstić information content (AvgIpc) is 3.28. The molecule has 32 heavy (non-hydrogen) atoms. The number of halogens is 6. The van der Waals surface area contributed by atoms with Crippen molar-refractivity contribution in [2.24, 2.45) is 7.05 Å². The summed E-state index contributed by atoms with van der Waals surface area (Å²) in [5.74, 6) is -1.90. The Morgan fingerprint density at radius 3 is 2.50 bits per heavy atom. The Balaban J connectivity index is 1.80. The number of nitrogens with zero attached hydrogens (tertiary/aromatic N) is 4. The number of pyridine rings is 2. The molecule has 0 bridgehead atoms. The highest BCUT2D eigenvalue weighted by Gasteiger charge is 2.41. The summed E-state index contributed by atoms with van der Waals surface area (Å²) in [4.78, 5) is 22.4. The van der Waals surface area contributed by atoms with E-state index in [0.29, 0.717) is 17.1 Å². The second kappa shape index (κ2) is 7.35. The Kier molecular flexibility index (Phi) is 4.90. The number of H-pyrrole nitrogens is 1. The van der Waals surface area contributed by atoms with Crippen molar-refractivity contribution >= 4 is 22.8 Å². The zero-order valence-electron chi connectivity index (χ0n) is 16.0. The molecule has 0 aliphatic rings. The molecule has 4 heterocycles. The molecule has 0 unspecified atom stereocenters. The zero-order chi connectivity index (χ0) is 23.3. The van der Waals surface area contributed by atoms with Gasteiger partial charge in [-0.25, -0.2) is 4.98 Å². The Morgan fingerprint density at radius 2 is 1.81 bits per heavy atom. The first-order valence-electron chi connectivity index (χ1n) is 8.88. The third-order valence-corrected chi connectivity index (χ3v) is 4.58. The predicted octanol–water partition coefficient (Wildman–Crippen LogP) is 4.65. The summed E-state index contributed by atoms with van der Waals surface area (Å²) >= 11 is 0. The summed E-state index contributed by atoms with van der Waals surface area (Å²) in [7, 11) is 1.18. The van der Waals surface area contributed by atoms with Crippen molar-refractivity contribution in [1.82, 2.24) is 24.7 Å². The van der Waals surface area contributed by atoms with E-state index in [1.54, 1.807) is 12.1 Å². The molecule has 4 aromatic rings. The first-order valence-corrected chi connectivity index (χ1v) is 8.88. The number of aromatic nitrogens is 5. The van der Waals surface area contributed by atoms with E-state index in [1.165, 1.54) is 19.4 Å². The lowest BCUT2D eigenvalue weighted by Crippen LogP contribution is -2.19. The molecule has 0 saturated carbocycles. The van der Waals surface area contributed by atoms with Gasteiger partial charge in [-0.1, -0.05) is 0 Å². The lowest BCUT2D eigenvalue weighted by molar-refractivity contribution is -0.141. The third kappa shape index (κ3) is 3.76. The van der Waals surface area contributed by atoms with Gasteiger partial charge in [0.15, 0.2) is 0 Å². The van der Waals surface area contributed by atoms with Gasteiger partial charge < -0.3 is 10.3 Å². The van der Waals surface area contributed by atoms with Crippen LogP contribution in [-0.4, -0.2) is 30.6 Å². The van der Waals surface area contributed by atoms with Gasteiger partial charge in [0.2, 0.25) is 0 Å². The molecule has 7 nitrogen and oxygen atoms in total. The highest BCUT2D eigenvalue weighted by atomic mass is 19.4. The number of carbonyl (C=O) groups excluding carboxylic acids is 1. The number of nitrogens with one attached hydrogen (secondary N) is 2. The van der Waals surface area contributed by atoms with E-state index < -0.39 is 46.6 Å². The summed E-state index contributed by atoms with van der Waals surface area (Å²) < 4.78 is 81.4. The van der Waals surface area contributed by atoms with Crippen molar-refractivity contribution in [2.75, 3.05) is 5.32 Å². The van der Waals surface area contributed by atoms with Crippen LogP contribution >= 0.6 is 0 Å². The fraction of sp³-hybridized carbons (Fsp3) is 0.158. The summed E-state index contributed by atoms with van der Waals surface area (Å²) in [5.41, 5.74) is -3.15. The highest BCUT2D eigenvalue weighted by Crippen LogP contribution is 2.43. The van der Waals surface area contributed by atoms with Gasteiger partial charge in [-0.2, -0.15) is 31.4 Å². The number of hydrogen-bond acceptors (Lipinski definition) is 4. The Morgan fingerprint density at radius 1 is 1.06 bits per heavy atom. The van der Waals surface area contributed by atoms with E-state index in [0.717, 1.165) is 16.9 Å². The largest absolute Gasteiger partial charge is 0.433 e. The number of fused-ring (bicyclic) bond motifs is 1. The number of amides is 1. The number of anilines is 1. The van der Waals surface area contributed by atoms with Crippen molar-refractivity contribution in [2.45, 2.75) is 12.4 Å². The van der Waals surface area contributed by atoms with Crippen LogP contribution in [0.4, 0.5) is 32.2 Å². The molecule has 4 aromatic heterocycles. The van der Waals surface area contributed by atoms with E-state index in [4.69, 9.17) is 0 Å². The van der Waals surface area contributed by atoms with Crippen LogP contribution in [0.1, 0.15) is 21.6 Å². The SMILES string of the molecule is Cn1nc(-c2c[nH]c3ncccc23)c(C(F)(F)F)c1NC(=O)c1ccnc(C(F)(F)F)c1. The van der Waals surface area contributed by atoms with E-state index in [-0.39, 0.29) is 5.56 Å². The molecule has 0 aromatic carbocycles. The molecular formula is C19H12F6N6O. The van der Waals surface area contributed by atoms with E-state index in [2.05, 4.69) is 20.1 Å². The van der Waals surface area contributed by atoms with Gasteiger partial charge in [0.1, 0.15) is 28.4 Å². The monoisotopic (exact) mass is 454 g/mol. The van der Waals surface area contributed by atoms with Crippen LogP contribution in [0.15, 0.2) is 42.9 Å². The smallest absolute Gasteiger partial charge is 0.345 e. The summed E-state index contributed by atoms with van der Waals surface area (Å²) in [6.45, 7) is 0. The standard InChI is InChI=1S/C19H12F6N6O/c1-31-16(29-17(32)9-4-6-26-12(7-9)18(20,21)22)13(19(23,24)25)14(30-31)11-8-28-15-10(11)3-2-5-27-15/h2-8H,1H3,(H,27,28)(H,29,32). The van der Waals surface area contributed by atoms with Gasteiger partial charge in [-0.15, -0.1) is 0 Å². The fourth-order valence-electron chi connectivity index (χ4n) is 3.18. The quantitative estimate of drug-likeness (QED) is 0.441. The van der Waals surface area contributed by atoms with Gasteiger partial charge in [0.25, 0.3) is 5.91 Å². The minimum Gasteiger partial charge on any atom is -0.345 e. The molecule has 1 amide bonds. The van der Waals surface area contributed by atoms with Crippen LogP contribution in [0.5, 0.6) is 0 Å². The first kappa shape index (κ1) is 21.3. The van der Waals surface area contributed by atoms with Crippen LogP contribution in [-0.2, 0) is 19.4 Å². The van der Waals surface area contributed by atoms with Gasteiger partial charge >= 0.3 is 12.4 Å². The van der Waals surface area contributed by atoms with E-state index in [1.807, 2.05) is 5.32 Å².